The van der Waals surface area contributed by atoms with Gasteiger partial charge in [-0.2, -0.15) is 5.10 Å². The SMILES string of the molecule is CCOC(=O)c1c(-c2ccncc2F)nc2ccc(C)nn12. The second-order valence-corrected chi connectivity index (χ2v) is 4.63. The van der Waals surface area contributed by atoms with E-state index in [4.69, 9.17) is 4.74 Å². The molecule has 0 aliphatic heterocycles. The van der Waals surface area contributed by atoms with Gasteiger partial charge in [-0.1, -0.05) is 0 Å². The molecule has 0 fully saturated rings. The number of pyridine rings is 1. The van der Waals surface area contributed by atoms with Crippen molar-refractivity contribution in [3.8, 4) is 11.3 Å². The lowest BCUT2D eigenvalue weighted by Gasteiger charge is -2.05. The lowest BCUT2D eigenvalue weighted by Crippen LogP contribution is -2.11. The number of carbonyl (C=O) groups is 1. The molecule has 0 atom stereocenters. The molecule has 0 aliphatic carbocycles. The second kappa shape index (κ2) is 5.51. The number of carbonyl (C=O) groups excluding carboxylic acids is 1. The average molecular weight is 300 g/mol. The van der Waals surface area contributed by atoms with Crippen LogP contribution in [0.1, 0.15) is 23.1 Å². The van der Waals surface area contributed by atoms with Crippen LogP contribution in [0.2, 0.25) is 0 Å². The standard InChI is InChI=1S/C15H13FN4O2/c1-3-22-15(21)14-13(10-6-7-17-8-11(10)16)18-12-5-4-9(2)19-20(12)14/h4-8H,3H2,1-2H3. The van der Waals surface area contributed by atoms with E-state index in [1.165, 1.54) is 16.8 Å². The first-order valence-electron chi connectivity index (χ1n) is 6.75. The van der Waals surface area contributed by atoms with Crippen molar-refractivity contribution in [1.29, 1.82) is 0 Å². The van der Waals surface area contributed by atoms with E-state index in [1.807, 2.05) is 0 Å². The van der Waals surface area contributed by atoms with Crippen LogP contribution in [0.25, 0.3) is 16.9 Å². The summed E-state index contributed by atoms with van der Waals surface area (Å²) >= 11 is 0. The summed E-state index contributed by atoms with van der Waals surface area (Å²) in [5.74, 6) is -1.16. The highest BCUT2D eigenvalue weighted by Gasteiger charge is 2.24. The predicted octanol–water partition coefficient (Wildman–Crippen LogP) is 2.42. The molecule has 0 bridgehead atoms. The minimum absolute atomic E-state index is 0.102. The number of esters is 1. The van der Waals surface area contributed by atoms with Crippen LogP contribution < -0.4 is 0 Å². The first-order chi connectivity index (χ1) is 10.6. The molecule has 0 radical (unpaired) electrons. The number of ether oxygens (including phenoxy) is 1. The van der Waals surface area contributed by atoms with Gasteiger partial charge in [-0.3, -0.25) is 4.98 Å². The van der Waals surface area contributed by atoms with E-state index >= 15 is 0 Å². The maximum absolute atomic E-state index is 14.0. The summed E-state index contributed by atoms with van der Waals surface area (Å²) in [4.78, 5) is 20.3. The van der Waals surface area contributed by atoms with Crippen LogP contribution in [0.3, 0.4) is 0 Å². The van der Waals surface area contributed by atoms with Crippen molar-refractivity contribution in [2.75, 3.05) is 6.61 Å². The fraction of sp³-hybridized carbons (Fsp3) is 0.200. The fourth-order valence-corrected chi connectivity index (χ4v) is 2.16. The van der Waals surface area contributed by atoms with Crippen molar-refractivity contribution in [1.82, 2.24) is 19.6 Å². The van der Waals surface area contributed by atoms with Crippen molar-refractivity contribution in [3.63, 3.8) is 0 Å². The largest absolute Gasteiger partial charge is 0.461 e. The third-order valence-corrected chi connectivity index (χ3v) is 3.11. The number of aromatic nitrogens is 4. The summed E-state index contributed by atoms with van der Waals surface area (Å²) < 4.78 is 20.5. The van der Waals surface area contributed by atoms with Crippen LogP contribution in [-0.4, -0.2) is 32.2 Å². The third kappa shape index (κ3) is 2.30. The van der Waals surface area contributed by atoms with Gasteiger partial charge in [-0.15, -0.1) is 0 Å². The van der Waals surface area contributed by atoms with Crippen LogP contribution in [0.15, 0.2) is 30.6 Å². The smallest absolute Gasteiger partial charge is 0.359 e. The van der Waals surface area contributed by atoms with Gasteiger partial charge in [0.1, 0.15) is 5.69 Å². The van der Waals surface area contributed by atoms with Gasteiger partial charge in [0.2, 0.25) is 0 Å². The molecule has 0 spiro atoms. The predicted molar refractivity (Wildman–Crippen MR) is 76.9 cm³/mol. The van der Waals surface area contributed by atoms with Gasteiger partial charge in [-0.05, 0) is 32.0 Å². The van der Waals surface area contributed by atoms with Crippen molar-refractivity contribution in [2.24, 2.45) is 0 Å². The zero-order chi connectivity index (χ0) is 15.7. The highest BCUT2D eigenvalue weighted by atomic mass is 19.1. The van der Waals surface area contributed by atoms with Crippen molar-refractivity contribution < 1.29 is 13.9 Å². The topological polar surface area (TPSA) is 69.4 Å². The Morgan fingerprint density at radius 1 is 1.36 bits per heavy atom. The summed E-state index contributed by atoms with van der Waals surface area (Å²) in [5.41, 5.74) is 1.63. The molecule has 3 rings (SSSR count). The zero-order valence-electron chi connectivity index (χ0n) is 12.1. The van der Waals surface area contributed by atoms with Gasteiger partial charge < -0.3 is 4.74 Å². The van der Waals surface area contributed by atoms with Crippen LogP contribution in [0.4, 0.5) is 4.39 Å². The molecular weight excluding hydrogens is 287 g/mol. The first kappa shape index (κ1) is 14.1. The number of hydrogen-bond acceptors (Lipinski definition) is 5. The minimum Gasteiger partial charge on any atom is -0.461 e. The Morgan fingerprint density at radius 2 is 2.18 bits per heavy atom. The monoisotopic (exact) mass is 300 g/mol. The van der Waals surface area contributed by atoms with Crippen LogP contribution in [0.5, 0.6) is 0 Å². The van der Waals surface area contributed by atoms with Crippen molar-refractivity contribution in [2.45, 2.75) is 13.8 Å². The Morgan fingerprint density at radius 3 is 2.91 bits per heavy atom. The Hall–Kier alpha value is -2.83. The highest BCUT2D eigenvalue weighted by molar-refractivity contribution is 5.95. The maximum atomic E-state index is 14.0. The molecule has 3 heterocycles. The zero-order valence-corrected chi connectivity index (χ0v) is 12.1. The minimum atomic E-state index is -0.598. The van der Waals surface area contributed by atoms with Crippen LogP contribution >= 0.6 is 0 Å². The third-order valence-electron chi connectivity index (χ3n) is 3.11. The number of fused-ring (bicyclic) bond motifs is 1. The number of hydrogen-bond donors (Lipinski definition) is 0. The van der Waals surface area contributed by atoms with Crippen LogP contribution in [0, 0.1) is 12.7 Å². The molecule has 0 aromatic carbocycles. The van der Waals surface area contributed by atoms with Gasteiger partial charge in [0.15, 0.2) is 17.2 Å². The Balaban J connectivity index is 2.32. The number of halogens is 1. The summed E-state index contributed by atoms with van der Waals surface area (Å²) in [6.07, 6.45) is 2.52. The number of imidazole rings is 1. The van der Waals surface area contributed by atoms with Gasteiger partial charge in [0.05, 0.1) is 18.5 Å². The molecule has 0 aliphatic rings. The van der Waals surface area contributed by atoms with E-state index < -0.39 is 11.8 Å². The summed E-state index contributed by atoms with van der Waals surface area (Å²) in [6, 6.07) is 4.95. The molecule has 0 saturated heterocycles. The van der Waals surface area contributed by atoms with E-state index in [9.17, 15) is 9.18 Å². The van der Waals surface area contributed by atoms with E-state index in [2.05, 4.69) is 15.1 Å². The van der Waals surface area contributed by atoms with E-state index in [1.54, 1.807) is 26.0 Å². The molecule has 7 heteroatoms. The molecule has 112 valence electrons. The molecule has 0 saturated carbocycles. The lowest BCUT2D eigenvalue weighted by atomic mass is 10.1. The van der Waals surface area contributed by atoms with Crippen molar-refractivity contribution >= 4 is 11.6 Å². The molecule has 3 aromatic heterocycles. The average Bonchev–Trinajstić information content (AvgIpc) is 2.86. The van der Waals surface area contributed by atoms with E-state index in [0.717, 1.165) is 6.20 Å². The number of nitrogens with zero attached hydrogens (tertiary/aromatic N) is 4. The van der Waals surface area contributed by atoms with Crippen molar-refractivity contribution in [3.05, 3.63) is 47.8 Å². The van der Waals surface area contributed by atoms with Gasteiger partial charge >= 0.3 is 5.97 Å². The number of rotatable bonds is 3. The summed E-state index contributed by atoms with van der Waals surface area (Å²) in [5, 5.41) is 4.27. The normalized spacial score (nSPS) is 10.9. The second-order valence-electron chi connectivity index (χ2n) is 4.63. The quantitative estimate of drug-likeness (QED) is 0.695. The molecule has 22 heavy (non-hydrogen) atoms. The molecular formula is C15H13FN4O2. The van der Waals surface area contributed by atoms with Gasteiger partial charge in [0.25, 0.3) is 0 Å². The van der Waals surface area contributed by atoms with E-state index in [-0.39, 0.29) is 23.6 Å². The molecule has 0 amide bonds. The fourth-order valence-electron chi connectivity index (χ4n) is 2.16. The van der Waals surface area contributed by atoms with Gasteiger partial charge in [-0.25, -0.2) is 18.7 Å². The molecule has 6 nitrogen and oxygen atoms in total. The maximum Gasteiger partial charge on any atom is 0.359 e. The highest BCUT2D eigenvalue weighted by Crippen LogP contribution is 2.26. The van der Waals surface area contributed by atoms with Gasteiger partial charge in [0, 0.05) is 11.8 Å². The Kier molecular flexibility index (Phi) is 3.54. The summed E-state index contributed by atoms with van der Waals surface area (Å²) in [6.45, 7) is 3.70. The lowest BCUT2D eigenvalue weighted by molar-refractivity contribution is 0.0517. The molecule has 0 unspecified atom stereocenters. The molecule has 3 aromatic rings. The summed E-state index contributed by atoms with van der Waals surface area (Å²) in [7, 11) is 0. The first-order valence-corrected chi connectivity index (χ1v) is 6.75. The molecule has 0 N–H and O–H groups in total. The Bertz CT molecular complexity index is 860. The Labute approximate surface area is 125 Å². The van der Waals surface area contributed by atoms with Crippen LogP contribution in [-0.2, 0) is 4.74 Å². The van der Waals surface area contributed by atoms with E-state index in [0.29, 0.717) is 11.3 Å². The number of aryl methyl sites for hydroxylation is 1.